The highest BCUT2D eigenvalue weighted by molar-refractivity contribution is 5.91. The fourth-order valence-corrected chi connectivity index (χ4v) is 1.67. The van der Waals surface area contributed by atoms with Crippen LogP contribution in [0.5, 0.6) is 0 Å². The summed E-state index contributed by atoms with van der Waals surface area (Å²) in [6, 6.07) is 5.76. The quantitative estimate of drug-likeness (QED) is 0.561. The second kappa shape index (κ2) is 6.84. The highest BCUT2D eigenvalue weighted by Crippen LogP contribution is 2.15. The van der Waals surface area contributed by atoms with E-state index in [2.05, 4.69) is 0 Å². The van der Waals surface area contributed by atoms with Crippen molar-refractivity contribution in [3.8, 4) is 0 Å². The normalized spacial score (nSPS) is 10.0. The predicted octanol–water partition coefficient (Wildman–Crippen LogP) is 2.56. The van der Waals surface area contributed by atoms with Gasteiger partial charge in [-0.15, -0.1) is 0 Å². The minimum atomic E-state index is -0.302. The van der Waals surface area contributed by atoms with Crippen molar-refractivity contribution in [2.45, 2.75) is 33.1 Å². The fourth-order valence-electron chi connectivity index (χ4n) is 1.67. The molecule has 0 amide bonds. The molecular formula is C14H18O3. The molecule has 0 unspecified atom stereocenters. The Hall–Kier alpha value is -1.64. The molecule has 0 heterocycles. The second-order valence-corrected chi connectivity index (χ2v) is 3.77. The Balaban J connectivity index is 3.01. The standard InChI is InChI=1S/C14H18O3/c1-3-11-7-8-12(6-5-9-15)13(10-11)14(16)17-4-2/h7-10H,3-6H2,1-2H3. The van der Waals surface area contributed by atoms with E-state index in [-0.39, 0.29) is 5.97 Å². The zero-order valence-corrected chi connectivity index (χ0v) is 10.4. The summed E-state index contributed by atoms with van der Waals surface area (Å²) < 4.78 is 5.02. The summed E-state index contributed by atoms with van der Waals surface area (Å²) in [5.74, 6) is -0.302. The van der Waals surface area contributed by atoms with Crippen molar-refractivity contribution in [2.24, 2.45) is 0 Å². The maximum Gasteiger partial charge on any atom is 0.338 e. The van der Waals surface area contributed by atoms with Crippen molar-refractivity contribution in [3.63, 3.8) is 0 Å². The molecule has 1 aromatic carbocycles. The van der Waals surface area contributed by atoms with E-state index in [1.165, 1.54) is 0 Å². The molecular weight excluding hydrogens is 216 g/mol. The van der Waals surface area contributed by atoms with Crippen LogP contribution >= 0.6 is 0 Å². The van der Waals surface area contributed by atoms with Gasteiger partial charge in [0.05, 0.1) is 12.2 Å². The third-order valence-corrected chi connectivity index (χ3v) is 2.61. The molecule has 0 aliphatic carbocycles. The van der Waals surface area contributed by atoms with Gasteiger partial charge >= 0.3 is 5.97 Å². The molecule has 92 valence electrons. The monoisotopic (exact) mass is 234 g/mol. The average Bonchev–Trinajstić information content (AvgIpc) is 2.36. The number of hydrogen-bond acceptors (Lipinski definition) is 3. The Bertz CT molecular complexity index is 396. The van der Waals surface area contributed by atoms with Crippen molar-refractivity contribution >= 4 is 12.3 Å². The van der Waals surface area contributed by atoms with Gasteiger partial charge in [-0.05, 0) is 37.0 Å². The topological polar surface area (TPSA) is 43.4 Å². The van der Waals surface area contributed by atoms with Gasteiger partial charge in [0.2, 0.25) is 0 Å². The molecule has 0 bridgehead atoms. The molecule has 0 saturated carbocycles. The smallest absolute Gasteiger partial charge is 0.338 e. The summed E-state index contributed by atoms with van der Waals surface area (Å²) in [5.41, 5.74) is 2.57. The summed E-state index contributed by atoms with van der Waals surface area (Å²) in [6.07, 6.45) is 2.75. The van der Waals surface area contributed by atoms with Gasteiger partial charge in [0, 0.05) is 6.42 Å². The van der Waals surface area contributed by atoms with Crippen LogP contribution in [0.1, 0.15) is 41.8 Å². The third kappa shape index (κ3) is 3.70. The van der Waals surface area contributed by atoms with Gasteiger partial charge in [0.1, 0.15) is 6.29 Å². The summed E-state index contributed by atoms with van der Waals surface area (Å²) >= 11 is 0. The van der Waals surface area contributed by atoms with Crippen LogP contribution in [0.2, 0.25) is 0 Å². The molecule has 0 saturated heterocycles. The molecule has 1 aromatic rings. The van der Waals surface area contributed by atoms with Gasteiger partial charge in [0.15, 0.2) is 0 Å². The average molecular weight is 234 g/mol. The minimum Gasteiger partial charge on any atom is -0.462 e. The Morgan fingerprint density at radius 2 is 2.12 bits per heavy atom. The number of carbonyl (C=O) groups is 2. The van der Waals surface area contributed by atoms with E-state index in [0.29, 0.717) is 25.0 Å². The zero-order valence-electron chi connectivity index (χ0n) is 10.4. The SMILES string of the molecule is CCOC(=O)c1cc(CC)ccc1CCC=O. The van der Waals surface area contributed by atoms with Gasteiger partial charge in [0.25, 0.3) is 0 Å². The van der Waals surface area contributed by atoms with Crippen molar-refractivity contribution < 1.29 is 14.3 Å². The Labute approximate surface area is 102 Å². The van der Waals surface area contributed by atoms with Crippen LogP contribution in [0.25, 0.3) is 0 Å². The number of rotatable bonds is 6. The number of aryl methyl sites for hydroxylation is 2. The highest BCUT2D eigenvalue weighted by atomic mass is 16.5. The first-order valence-electron chi connectivity index (χ1n) is 5.95. The van der Waals surface area contributed by atoms with Gasteiger partial charge in [-0.2, -0.15) is 0 Å². The molecule has 17 heavy (non-hydrogen) atoms. The molecule has 3 nitrogen and oxygen atoms in total. The number of esters is 1. The molecule has 0 aliphatic heterocycles. The van der Waals surface area contributed by atoms with Gasteiger partial charge in [-0.3, -0.25) is 0 Å². The van der Waals surface area contributed by atoms with E-state index in [9.17, 15) is 9.59 Å². The highest BCUT2D eigenvalue weighted by Gasteiger charge is 2.12. The van der Waals surface area contributed by atoms with E-state index in [0.717, 1.165) is 23.8 Å². The van der Waals surface area contributed by atoms with Gasteiger partial charge in [-0.25, -0.2) is 4.79 Å². The largest absolute Gasteiger partial charge is 0.462 e. The lowest BCUT2D eigenvalue weighted by atomic mass is 9.99. The molecule has 0 aliphatic rings. The van der Waals surface area contributed by atoms with Crippen LogP contribution in [0.4, 0.5) is 0 Å². The number of carbonyl (C=O) groups excluding carboxylic acids is 2. The van der Waals surface area contributed by atoms with Crippen LogP contribution in [-0.4, -0.2) is 18.9 Å². The van der Waals surface area contributed by atoms with E-state index in [4.69, 9.17) is 4.74 Å². The molecule has 0 atom stereocenters. The first kappa shape index (κ1) is 13.4. The third-order valence-electron chi connectivity index (χ3n) is 2.61. The first-order chi connectivity index (χ1) is 8.22. The number of hydrogen-bond donors (Lipinski definition) is 0. The maximum absolute atomic E-state index is 11.8. The molecule has 0 N–H and O–H groups in total. The van der Waals surface area contributed by atoms with Crippen LogP contribution in [0.3, 0.4) is 0 Å². The van der Waals surface area contributed by atoms with Crippen molar-refractivity contribution in [2.75, 3.05) is 6.61 Å². The van der Waals surface area contributed by atoms with Crippen LogP contribution < -0.4 is 0 Å². The Morgan fingerprint density at radius 1 is 1.35 bits per heavy atom. The van der Waals surface area contributed by atoms with Gasteiger partial charge < -0.3 is 9.53 Å². The van der Waals surface area contributed by atoms with Crippen LogP contribution in [0.15, 0.2) is 18.2 Å². The maximum atomic E-state index is 11.8. The van der Waals surface area contributed by atoms with E-state index >= 15 is 0 Å². The van der Waals surface area contributed by atoms with Crippen LogP contribution in [-0.2, 0) is 22.4 Å². The number of benzene rings is 1. The lowest BCUT2D eigenvalue weighted by Crippen LogP contribution is -2.09. The molecule has 0 spiro atoms. The Kier molecular flexibility index (Phi) is 5.40. The van der Waals surface area contributed by atoms with Gasteiger partial charge in [-0.1, -0.05) is 19.1 Å². The first-order valence-corrected chi connectivity index (χ1v) is 5.95. The van der Waals surface area contributed by atoms with Crippen molar-refractivity contribution in [3.05, 3.63) is 34.9 Å². The molecule has 3 heteroatoms. The Morgan fingerprint density at radius 3 is 2.71 bits per heavy atom. The summed E-state index contributed by atoms with van der Waals surface area (Å²) in [5, 5.41) is 0. The second-order valence-electron chi connectivity index (χ2n) is 3.77. The fraction of sp³-hybridized carbons (Fsp3) is 0.429. The lowest BCUT2D eigenvalue weighted by Gasteiger charge is -2.09. The summed E-state index contributed by atoms with van der Waals surface area (Å²) in [4.78, 5) is 22.2. The number of aldehydes is 1. The van der Waals surface area contributed by atoms with E-state index in [1.807, 2.05) is 25.1 Å². The molecule has 0 radical (unpaired) electrons. The predicted molar refractivity (Wildman–Crippen MR) is 66.2 cm³/mol. The number of ether oxygens (including phenoxy) is 1. The van der Waals surface area contributed by atoms with E-state index < -0.39 is 0 Å². The molecule has 0 aromatic heterocycles. The summed E-state index contributed by atoms with van der Waals surface area (Å²) in [6.45, 7) is 4.18. The van der Waals surface area contributed by atoms with Crippen LogP contribution in [0, 0.1) is 0 Å². The van der Waals surface area contributed by atoms with E-state index in [1.54, 1.807) is 6.92 Å². The van der Waals surface area contributed by atoms with Crippen molar-refractivity contribution in [1.29, 1.82) is 0 Å². The lowest BCUT2D eigenvalue weighted by molar-refractivity contribution is -0.107. The molecule has 0 fully saturated rings. The minimum absolute atomic E-state index is 0.302. The summed E-state index contributed by atoms with van der Waals surface area (Å²) in [7, 11) is 0. The zero-order chi connectivity index (χ0) is 12.7. The molecule has 1 rings (SSSR count). The van der Waals surface area contributed by atoms with Crippen molar-refractivity contribution in [1.82, 2.24) is 0 Å².